The predicted molar refractivity (Wildman–Crippen MR) is 64.9 cm³/mol. The van der Waals surface area contributed by atoms with Crippen LogP contribution in [-0.2, 0) is 13.6 Å². The first-order chi connectivity index (χ1) is 7.58. The van der Waals surface area contributed by atoms with Crippen molar-refractivity contribution in [2.45, 2.75) is 20.4 Å². The molecule has 16 heavy (non-hydrogen) atoms. The first kappa shape index (κ1) is 11.3. The number of halogens is 1. The molecule has 0 bridgehead atoms. The summed E-state index contributed by atoms with van der Waals surface area (Å²) in [5.74, 6) is 0. The molecule has 0 amide bonds. The van der Waals surface area contributed by atoms with Gasteiger partial charge in [-0.3, -0.25) is 4.68 Å². The van der Waals surface area contributed by atoms with Gasteiger partial charge in [0, 0.05) is 19.2 Å². The van der Waals surface area contributed by atoms with Crippen molar-refractivity contribution >= 4 is 28.1 Å². The molecule has 86 valence electrons. The predicted octanol–water partition coefficient (Wildman–Crippen LogP) is 2.15. The van der Waals surface area contributed by atoms with Crippen molar-refractivity contribution in [2.24, 2.45) is 7.05 Å². The second-order valence-electron chi connectivity index (χ2n) is 3.46. The van der Waals surface area contributed by atoms with Gasteiger partial charge < -0.3 is 5.32 Å². The zero-order valence-corrected chi connectivity index (χ0v) is 10.9. The number of aromatic nitrogens is 4. The molecule has 2 heterocycles. The summed E-state index contributed by atoms with van der Waals surface area (Å²) < 4.78 is 1.67. The van der Waals surface area contributed by atoms with Crippen LogP contribution in [0.4, 0.5) is 5.13 Å². The normalized spacial score (nSPS) is 10.8. The van der Waals surface area contributed by atoms with Crippen LogP contribution in [0, 0.1) is 13.8 Å². The molecule has 0 unspecified atom stereocenters. The molecule has 0 aromatic carbocycles. The van der Waals surface area contributed by atoms with E-state index in [1.807, 2.05) is 20.9 Å². The lowest BCUT2D eigenvalue weighted by Crippen LogP contribution is -2.00. The molecule has 0 fully saturated rings. The molecule has 2 rings (SSSR count). The second-order valence-corrected chi connectivity index (χ2v) is 5.00. The Kier molecular flexibility index (Phi) is 3.11. The molecule has 2 aromatic rings. The number of nitrogens with zero attached hydrogens (tertiary/aromatic N) is 4. The molecule has 0 spiro atoms. The van der Waals surface area contributed by atoms with E-state index in [1.54, 1.807) is 4.68 Å². The first-order valence-corrected chi connectivity index (χ1v) is 5.99. The summed E-state index contributed by atoms with van der Waals surface area (Å²) in [6.07, 6.45) is 0. The van der Waals surface area contributed by atoms with Crippen molar-refractivity contribution in [3.63, 3.8) is 0 Å². The van der Waals surface area contributed by atoms with Crippen LogP contribution in [-0.4, -0.2) is 20.0 Å². The minimum atomic E-state index is 0.618. The van der Waals surface area contributed by atoms with Crippen LogP contribution in [0.15, 0.2) is 0 Å². The van der Waals surface area contributed by atoms with Gasteiger partial charge in [0.1, 0.15) is 10.2 Å². The Balaban J connectivity index is 2.10. The van der Waals surface area contributed by atoms with Crippen LogP contribution >= 0.6 is 22.9 Å². The highest BCUT2D eigenvalue weighted by Gasteiger charge is 2.11. The standard InChI is InChI=1S/C9H12ClN5S/c1-5-7(8(10)15(3)14-5)4-11-9-13-12-6(2)16-9/h4H2,1-3H3,(H,11,13). The topological polar surface area (TPSA) is 55.6 Å². The first-order valence-electron chi connectivity index (χ1n) is 4.80. The van der Waals surface area contributed by atoms with Gasteiger partial charge in [-0.15, -0.1) is 10.2 Å². The summed E-state index contributed by atoms with van der Waals surface area (Å²) in [4.78, 5) is 0. The quantitative estimate of drug-likeness (QED) is 0.916. The van der Waals surface area contributed by atoms with Crippen LogP contribution in [0.1, 0.15) is 16.3 Å². The summed E-state index contributed by atoms with van der Waals surface area (Å²) in [7, 11) is 1.83. The lowest BCUT2D eigenvalue weighted by atomic mass is 10.3. The van der Waals surface area contributed by atoms with Crippen LogP contribution in [0.5, 0.6) is 0 Å². The maximum atomic E-state index is 6.11. The smallest absolute Gasteiger partial charge is 0.205 e. The van der Waals surface area contributed by atoms with Gasteiger partial charge in [0.25, 0.3) is 0 Å². The fourth-order valence-corrected chi connectivity index (χ4v) is 2.24. The van der Waals surface area contributed by atoms with E-state index >= 15 is 0 Å². The van der Waals surface area contributed by atoms with E-state index in [1.165, 1.54) is 11.3 Å². The highest BCUT2D eigenvalue weighted by molar-refractivity contribution is 7.15. The fraction of sp³-hybridized carbons (Fsp3) is 0.444. The van der Waals surface area contributed by atoms with Crippen molar-refractivity contribution in [2.75, 3.05) is 5.32 Å². The highest BCUT2D eigenvalue weighted by Crippen LogP contribution is 2.21. The average Bonchev–Trinajstić information content (AvgIpc) is 2.72. The van der Waals surface area contributed by atoms with Crippen molar-refractivity contribution < 1.29 is 0 Å². The van der Waals surface area contributed by atoms with Gasteiger partial charge >= 0.3 is 0 Å². The zero-order chi connectivity index (χ0) is 11.7. The van der Waals surface area contributed by atoms with Crippen molar-refractivity contribution in [3.8, 4) is 0 Å². The maximum Gasteiger partial charge on any atom is 0.205 e. The van der Waals surface area contributed by atoms with Crippen LogP contribution in [0.3, 0.4) is 0 Å². The second kappa shape index (κ2) is 4.39. The van der Waals surface area contributed by atoms with E-state index in [4.69, 9.17) is 11.6 Å². The maximum absolute atomic E-state index is 6.11. The lowest BCUT2D eigenvalue weighted by Gasteiger charge is -2.01. The summed E-state index contributed by atoms with van der Waals surface area (Å²) >= 11 is 7.64. The summed E-state index contributed by atoms with van der Waals surface area (Å²) in [6.45, 7) is 4.48. The molecule has 0 aliphatic carbocycles. The minimum Gasteiger partial charge on any atom is -0.356 e. The molecule has 1 N–H and O–H groups in total. The van der Waals surface area contributed by atoms with E-state index in [9.17, 15) is 0 Å². The molecule has 0 aliphatic heterocycles. The number of nitrogens with one attached hydrogen (secondary N) is 1. The Morgan fingerprint density at radius 3 is 2.62 bits per heavy atom. The molecule has 5 nitrogen and oxygen atoms in total. The van der Waals surface area contributed by atoms with Gasteiger partial charge in [-0.05, 0) is 13.8 Å². The number of anilines is 1. The number of hydrogen-bond donors (Lipinski definition) is 1. The van der Waals surface area contributed by atoms with Crippen LogP contribution < -0.4 is 5.32 Å². The molecule has 0 saturated carbocycles. The fourth-order valence-electron chi connectivity index (χ4n) is 1.41. The largest absolute Gasteiger partial charge is 0.356 e. The SMILES string of the molecule is Cc1nnc(NCc2c(C)nn(C)c2Cl)s1. The monoisotopic (exact) mass is 257 g/mol. The Labute approximate surface area is 102 Å². The van der Waals surface area contributed by atoms with E-state index in [2.05, 4.69) is 20.6 Å². The third-order valence-corrected chi connectivity index (χ3v) is 3.48. The molecule has 2 aromatic heterocycles. The Hall–Kier alpha value is -1.14. The van der Waals surface area contributed by atoms with Gasteiger partial charge in [0.2, 0.25) is 5.13 Å². The molecular formula is C9H12ClN5S. The van der Waals surface area contributed by atoms with Crippen molar-refractivity contribution in [1.82, 2.24) is 20.0 Å². The summed E-state index contributed by atoms with van der Waals surface area (Å²) in [5.41, 5.74) is 1.93. The number of rotatable bonds is 3. The number of hydrogen-bond acceptors (Lipinski definition) is 5. The zero-order valence-electron chi connectivity index (χ0n) is 9.28. The van der Waals surface area contributed by atoms with Gasteiger partial charge in [0.05, 0.1) is 5.69 Å². The van der Waals surface area contributed by atoms with Gasteiger partial charge in [-0.1, -0.05) is 22.9 Å². The third kappa shape index (κ3) is 2.17. The third-order valence-electron chi connectivity index (χ3n) is 2.21. The van der Waals surface area contributed by atoms with Crippen LogP contribution in [0.2, 0.25) is 5.15 Å². The molecule has 0 atom stereocenters. The van der Waals surface area contributed by atoms with E-state index in [0.717, 1.165) is 21.4 Å². The molecule has 0 saturated heterocycles. The highest BCUT2D eigenvalue weighted by atomic mass is 35.5. The summed E-state index contributed by atoms with van der Waals surface area (Å²) in [5, 5.41) is 17.7. The van der Waals surface area contributed by atoms with Crippen molar-refractivity contribution in [1.29, 1.82) is 0 Å². The molecule has 0 aliphatic rings. The van der Waals surface area contributed by atoms with Gasteiger partial charge in [0.15, 0.2) is 0 Å². The van der Waals surface area contributed by atoms with E-state index in [0.29, 0.717) is 11.7 Å². The number of aryl methyl sites for hydroxylation is 3. The lowest BCUT2D eigenvalue weighted by molar-refractivity contribution is 0.757. The van der Waals surface area contributed by atoms with Gasteiger partial charge in [-0.2, -0.15) is 5.10 Å². The molecular weight excluding hydrogens is 246 g/mol. The van der Waals surface area contributed by atoms with Crippen LogP contribution in [0.25, 0.3) is 0 Å². The average molecular weight is 258 g/mol. The Bertz CT molecular complexity index is 504. The van der Waals surface area contributed by atoms with E-state index < -0.39 is 0 Å². The van der Waals surface area contributed by atoms with Crippen molar-refractivity contribution in [3.05, 3.63) is 21.4 Å². The molecule has 7 heteroatoms. The van der Waals surface area contributed by atoms with E-state index in [-0.39, 0.29) is 0 Å². The Morgan fingerprint density at radius 2 is 2.12 bits per heavy atom. The summed E-state index contributed by atoms with van der Waals surface area (Å²) in [6, 6.07) is 0. The van der Waals surface area contributed by atoms with Gasteiger partial charge in [-0.25, -0.2) is 0 Å². The molecule has 0 radical (unpaired) electrons. The Morgan fingerprint density at radius 1 is 1.38 bits per heavy atom. The minimum absolute atomic E-state index is 0.618.